The minimum atomic E-state index is 0.222. The monoisotopic (exact) mass is 213 g/mol. The number of halogens is 1. The van der Waals surface area contributed by atoms with E-state index in [0.29, 0.717) is 17.7 Å². The van der Waals surface area contributed by atoms with E-state index in [-0.39, 0.29) is 6.04 Å². The molecule has 0 saturated heterocycles. The Hall–Kier alpha value is -0.830. The van der Waals surface area contributed by atoms with Gasteiger partial charge in [-0.25, -0.2) is 9.97 Å². The Morgan fingerprint density at radius 3 is 2.36 bits per heavy atom. The quantitative estimate of drug-likeness (QED) is 0.781. The molecule has 1 heterocycles. The Bertz CT molecular complexity index is 271. The largest absolute Gasteiger partial charge is 0.350 e. The second kappa shape index (κ2) is 5.15. The van der Waals surface area contributed by atoms with Crippen molar-refractivity contribution in [2.45, 2.75) is 26.8 Å². The molecule has 0 saturated carbocycles. The zero-order valence-electron chi connectivity index (χ0n) is 8.79. The fourth-order valence-corrected chi connectivity index (χ4v) is 1.45. The molecule has 1 rings (SSSR count). The van der Waals surface area contributed by atoms with E-state index in [0.717, 1.165) is 5.56 Å². The van der Waals surface area contributed by atoms with Gasteiger partial charge < -0.3 is 5.32 Å². The lowest BCUT2D eigenvalue weighted by molar-refractivity contribution is 0.560. The van der Waals surface area contributed by atoms with Gasteiger partial charge in [0, 0.05) is 24.3 Å². The van der Waals surface area contributed by atoms with Crippen LogP contribution in [-0.2, 0) is 0 Å². The van der Waals surface area contributed by atoms with Crippen molar-refractivity contribution in [2.24, 2.45) is 5.92 Å². The first-order valence-corrected chi connectivity index (χ1v) is 5.28. The lowest BCUT2D eigenvalue weighted by atomic mass is 10.1. The molecule has 0 aliphatic rings. The molecule has 0 aliphatic carbocycles. The number of aryl methyl sites for hydroxylation is 1. The molecular weight excluding hydrogens is 198 g/mol. The van der Waals surface area contributed by atoms with Crippen molar-refractivity contribution in [1.29, 1.82) is 0 Å². The second-order valence-electron chi connectivity index (χ2n) is 3.73. The van der Waals surface area contributed by atoms with Gasteiger partial charge in [0.05, 0.1) is 0 Å². The van der Waals surface area contributed by atoms with E-state index in [9.17, 15) is 0 Å². The lowest BCUT2D eigenvalue weighted by Crippen LogP contribution is -2.28. The molecule has 0 aromatic carbocycles. The van der Waals surface area contributed by atoms with E-state index in [4.69, 9.17) is 11.6 Å². The summed E-state index contributed by atoms with van der Waals surface area (Å²) in [5.74, 6) is 1.68. The van der Waals surface area contributed by atoms with Gasteiger partial charge in [-0.3, -0.25) is 0 Å². The maximum Gasteiger partial charge on any atom is 0.222 e. The van der Waals surface area contributed by atoms with Crippen molar-refractivity contribution in [3.63, 3.8) is 0 Å². The van der Waals surface area contributed by atoms with Crippen LogP contribution in [0, 0.1) is 12.8 Å². The maximum atomic E-state index is 5.83. The Balaban J connectivity index is 2.63. The van der Waals surface area contributed by atoms with Gasteiger partial charge in [0.1, 0.15) is 0 Å². The summed E-state index contributed by atoms with van der Waals surface area (Å²) in [6, 6.07) is 0.222. The molecule has 1 N–H and O–H groups in total. The van der Waals surface area contributed by atoms with E-state index in [2.05, 4.69) is 29.1 Å². The molecule has 0 aliphatic heterocycles. The van der Waals surface area contributed by atoms with Gasteiger partial charge in [-0.05, 0) is 18.4 Å². The number of anilines is 1. The van der Waals surface area contributed by atoms with Crippen LogP contribution in [0.1, 0.15) is 19.4 Å². The van der Waals surface area contributed by atoms with Crippen LogP contribution in [-0.4, -0.2) is 21.9 Å². The van der Waals surface area contributed by atoms with Gasteiger partial charge in [-0.2, -0.15) is 0 Å². The van der Waals surface area contributed by atoms with Gasteiger partial charge in [-0.15, -0.1) is 11.6 Å². The molecule has 78 valence electrons. The first-order valence-electron chi connectivity index (χ1n) is 4.74. The zero-order valence-corrected chi connectivity index (χ0v) is 9.54. The Labute approximate surface area is 89.9 Å². The van der Waals surface area contributed by atoms with Crippen molar-refractivity contribution >= 4 is 17.5 Å². The number of nitrogens with one attached hydrogen (secondary N) is 1. The van der Waals surface area contributed by atoms with E-state index in [1.54, 1.807) is 12.4 Å². The second-order valence-corrected chi connectivity index (χ2v) is 4.04. The molecular formula is C10H16ClN3. The number of nitrogens with zero attached hydrogens (tertiary/aromatic N) is 2. The Kier molecular flexibility index (Phi) is 4.14. The fourth-order valence-electron chi connectivity index (χ4n) is 1.02. The first-order chi connectivity index (χ1) is 6.63. The summed E-state index contributed by atoms with van der Waals surface area (Å²) in [5, 5.41) is 3.20. The number of rotatable bonds is 4. The molecule has 0 fully saturated rings. The fraction of sp³-hybridized carbons (Fsp3) is 0.600. The molecule has 0 spiro atoms. The maximum absolute atomic E-state index is 5.83. The van der Waals surface area contributed by atoms with Gasteiger partial charge in [-0.1, -0.05) is 13.8 Å². The summed E-state index contributed by atoms with van der Waals surface area (Å²) in [7, 11) is 0. The zero-order chi connectivity index (χ0) is 10.6. The summed E-state index contributed by atoms with van der Waals surface area (Å²) in [6.07, 6.45) is 3.59. The summed E-state index contributed by atoms with van der Waals surface area (Å²) < 4.78 is 0. The van der Waals surface area contributed by atoms with Crippen LogP contribution >= 0.6 is 11.6 Å². The van der Waals surface area contributed by atoms with Crippen LogP contribution in [0.3, 0.4) is 0 Å². The average Bonchev–Trinajstić information content (AvgIpc) is 2.16. The van der Waals surface area contributed by atoms with Crippen molar-refractivity contribution in [3.05, 3.63) is 18.0 Å². The minimum absolute atomic E-state index is 0.222. The van der Waals surface area contributed by atoms with Gasteiger partial charge in [0.15, 0.2) is 0 Å². The summed E-state index contributed by atoms with van der Waals surface area (Å²) in [6.45, 7) is 6.20. The summed E-state index contributed by atoms with van der Waals surface area (Å²) in [4.78, 5) is 8.34. The summed E-state index contributed by atoms with van der Waals surface area (Å²) in [5.41, 5.74) is 1.06. The third-order valence-corrected chi connectivity index (χ3v) is 2.40. The van der Waals surface area contributed by atoms with E-state index in [1.807, 2.05) is 6.92 Å². The molecule has 1 atom stereocenters. The highest BCUT2D eigenvalue weighted by Crippen LogP contribution is 2.09. The van der Waals surface area contributed by atoms with Crippen LogP contribution < -0.4 is 5.32 Å². The molecule has 4 heteroatoms. The van der Waals surface area contributed by atoms with E-state index >= 15 is 0 Å². The van der Waals surface area contributed by atoms with Gasteiger partial charge in [0.2, 0.25) is 5.95 Å². The van der Waals surface area contributed by atoms with Gasteiger partial charge >= 0.3 is 0 Å². The first kappa shape index (κ1) is 11.2. The molecule has 0 radical (unpaired) electrons. The van der Waals surface area contributed by atoms with E-state index in [1.165, 1.54) is 0 Å². The molecule has 1 aromatic rings. The van der Waals surface area contributed by atoms with Crippen LogP contribution in [0.25, 0.3) is 0 Å². The molecule has 1 unspecified atom stereocenters. The molecule has 1 aromatic heterocycles. The standard InChI is InChI=1S/C10H16ClN3/c1-7(2)9(4-11)14-10-12-5-8(3)6-13-10/h5-7,9H,4H2,1-3H3,(H,12,13,14). The Morgan fingerprint density at radius 2 is 1.93 bits per heavy atom. The molecule has 0 amide bonds. The molecule has 0 bridgehead atoms. The van der Waals surface area contributed by atoms with Crippen molar-refractivity contribution in [2.75, 3.05) is 11.2 Å². The van der Waals surface area contributed by atoms with E-state index < -0.39 is 0 Å². The SMILES string of the molecule is Cc1cnc(NC(CCl)C(C)C)nc1. The lowest BCUT2D eigenvalue weighted by Gasteiger charge is -2.19. The van der Waals surface area contributed by atoms with Crippen molar-refractivity contribution < 1.29 is 0 Å². The molecule has 3 nitrogen and oxygen atoms in total. The van der Waals surface area contributed by atoms with Crippen LogP contribution in [0.15, 0.2) is 12.4 Å². The highest BCUT2D eigenvalue weighted by molar-refractivity contribution is 6.18. The average molecular weight is 214 g/mol. The smallest absolute Gasteiger partial charge is 0.222 e. The number of hydrogen-bond donors (Lipinski definition) is 1. The van der Waals surface area contributed by atoms with Crippen molar-refractivity contribution in [3.8, 4) is 0 Å². The van der Waals surface area contributed by atoms with Crippen LogP contribution in [0.2, 0.25) is 0 Å². The van der Waals surface area contributed by atoms with Crippen molar-refractivity contribution in [1.82, 2.24) is 9.97 Å². The number of aromatic nitrogens is 2. The summed E-state index contributed by atoms with van der Waals surface area (Å²) >= 11 is 5.83. The molecule has 14 heavy (non-hydrogen) atoms. The Morgan fingerprint density at radius 1 is 1.36 bits per heavy atom. The third kappa shape index (κ3) is 3.14. The topological polar surface area (TPSA) is 37.8 Å². The van der Waals surface area contributed by atoms with Crippen LogP contribution in [0.4, 0.5) is 5.95 Å². The third-order valence-electron chi connectivity index (χ3n) is 2.07. The minimum Gasteiger partial charge on any atom is -0.350 e. The predicted molar refractivity (Wildman–Crippen MR) is 59.7 cm³/mol. The highest BCUT2D eigenvalue weighted by Gasteiger charge is 2.12. The number of hydrogen-bond acceptors (Lipinski definition) is 3. The predicted octanol–water partition coefficient (Wildman–Crippen LogP) is 2.46. The number of alkyl halides is 1. The van der Waals surface area contributed by atoms with Crippen LogP contribution in [0.5, 0.6) is 0 Å². The van der Waals surface area contributed by atoms with Gasteiger partial charge in [0.25, 0.3) is 0 Å². The normalized spacial score (nSPS) is 12.9. The highest BCUT2D eigenvalue weighted by atomic mass is 35.5.